The quantitative estimate of drug-likeness (QED) is 0.775. The van der Waals surface area contributed by atoms with Gasteiger partial charge in [0.25, 0.3) is 0 Å². The van der Waals surface area contributed by atoms with E-state index in [0.29, 0.717) is 17.9 Å². The van der Waals surface area contributed by atoms with Gasteiger partial charge < -0.3 is 14.0 Å². The molecule has 0 atom stereocenters. The van der Waals surface area contributed by atoms with Crippen molar-refractivity contribution < 1.29 is 14.3 Å². The molecule has 0 radical (unpaired) electrons. The summed E-state index contributed by atoms with van der Waals surface area (Å²) in [7, 11) is 1.31. The summed E-state index contributed by atoms with van der Waals surface area (Å²) in [5.74, 6) is 0.0764. The van der Waals surface area contributed by atoms with Crippen LogP contribution in [0.4, 0.5) is 0 Å². The number of nitriles is 2. The summed E-state index contributed by atoms with van der Waals surface area (Å²) in [6.07, 6.45) is 1.42. The molecule has 0 amide bonds. The highest BCUT2D eigenvalue weighted by Gasteiger charge is 2.10. The number of ether oxygens (including phenoxy) is 2. The minimum Gasteiger partial charge on any atom is -0.492 e. The second kappa shape index (κ2) is 6.91. The van der Waals surface area contributed by atoms with Crippen LogP contribution in [0.3, 0.4) is 0 Å². The van der Waals surface area contributed by atoms with Gasteiger partial charge in [-0.2, -0.15) is 10.5 Å². The maximum Gasteiger partial charge on any atom is 0.337 e. The first-order valence-corrected chi connectivity index (χ1v) is 6.36. The summed E-state index contributed by atoms with van der Waals surface area (Å²) in [6, 6.07) is 10.4. The standard InChI is InChI=1S/C15H12N4O3/c1-21-15(20)11-3-2-4-12(7-11)22-6-5-19-10-18-13(8-16)14(19)9-17/h2-4,7,10H,5-6H2,1H3. The third kappa shape index (κ3) is 3.22. The molecule has 0 aliphatic carbocycles. The molecule has 0 unspecified atom stereocenters. The molecule has 22 heavy (non-hydrogen) atoms. The zero-order valence-electron chi connectivity index (χ0n) is 11.8. The van der Waals surface area contributed by atoms with Crippen LogP contribution in [-0.4, -0.2) is 29.2 Å². The van der Waals surface area contributed by atoms with Crippen LogP contribution in [0.25, 0.3) is 0 Å². The molecule has 0 fully saturated rings. The number of methoxy groups -OCH3 is 1. The van der Waals surface area contributed by atoms with E-state index in [1.54, 1.807) is 28.8 Å². The number of hydrogen-bond donors (Lipinski definition) is 0. The van der Waals surface area contributed by atoms with Crippen molar-refractivity contribution in [1.29, 1.82) is 10.5 Å². The Balaban J connectivity index is 2.00. The van der Waals surface area contributed by atoms with Gasteiger partial charge in [-0.25, -0.2) is 9.78 Å². The maximum atomic E-state index is 11.4. The van der Waals surface area contributed by atoms with E-state index in [1.807, 2.05) is 12.1 Å². The van der Waals surface area contributed by atoms with Crippen molar-refractivity contribution in [3.63, 3.8) is 0 Å². The van der Waals surface area contributed by atoms with E-state index >= 15 is 0 Å². The molecule has 0 saturated carbocycles. The van der Waals surface area contributed by atoms with Crippen molar-refractivity contribution >= 4 is 5.97 Å². The summed E-state index contributed by atoms with van der Waals surface area (Å²) in [5, 5.41) is 17.8. The van der Waals surface area contributed by atoms with Crippen LogP contribution >= 0.6 is 0 Å². The van der Waals surface area contributed by atoms with Crippen LogP contribution in [0, 0.1) is 22.7 Å². The van der Waals surface area contributed by atoms with Gasteiger partial charge in [-0.05, 0) is 18.2 Å². The summed E-state index contributed by atoms with van der Waals surface area (Å²) in [4.78, 5) is 15.3. The largest absolute Gasteiger partial charge is 0.492 e. The second-order valence-corrected chi connectivity index (χ2v) is 4.23. The van der Waals surface area contributed by atoms with Crippen molar-refractivity contribution in [2.75, 3.05) is 13.7 Å². The van der Waals surface area contributed by atoms with Crippen LogP contribution in [0.5, 0.6) is 5.75 Å². The number of aromatic nitrogens is 2. The van der Waals surface area contributed by atoms with Gasteiger partial charge in [0.05, 0.1) is 25.5 Å². The Kier molecular flexibility index (Phi) is 4.74. The average Bonchev–Trinajstić information content (AvgIpc) is 2.96. The van der Waals surface area contributed by atoms with Crippen molar-refractivity contribution in [2.24, 2.45) is 0 Å². The predicted octanol–water partition coefficient (Wildman–Crippen LogP) is 1.49. The zero-order valence-corrected chi connectivity index (χ0v) is 11.8. The first-order chi connectivity index (χ1) is 10.7. The molecule has 0 aliphatic heterocycles. The number of imidazole rings is 1. The minimum atomic E-state index is -0.439. The number of carbonyl (C=O) groups excluding carboxylic acids is 1. The lowest BCUT2D eigenvalue weighted by Crippen LogP contribution is -2.09. The Morgan fingerprint density at radius 3 is 2.86 bits per heavy atom. The van der Waals surface area contributed by atoms with Crippen molar-refractivity contribution in [3.8, 4) is 17.9 Å². The fraction of sp³-hybridized carbons (Fsp3) is 0.200. The summed E-state index contributed by atoms with van der Waals surface area (Å²) in [6.45, 7) is 0.626. The van der Waals surface area contributed by atoms with Gasteiger partial charge in [0.2, 0.25) is 0 Å². The van der Waals surface area contributed by atoms with Crippen LogP contribution in [-0.2, 0) is 11.3 Å². The summed E-state index contributed by atoms with van der Waals surface area (Å²) in [5.41, 5.74) is 0.691. The lowest BCUT2D eigenvalue weighted by molar-refractivity contribution is 0.0600. The van der Waals surface area contributed by atoms with E-state index < -0.39 is 5.97 Å². The lowest BCUT2D eigenvalue weighted by Gasteiger charge is -2.08. The molecule has 0 spiro atoms. The van der Waals surface area contributed by atoms with Gasteiger partial charge in [-0.1, -0.05) is 6.07 Å². The molecular weight excluding hydrogens is 284 g/mol. The van der Waals surface area contributed by atoms with Gasteiger partial charge in [-0.15, -0.1) is 0 Å². The third-order valence-corrected chi connectivity index (χ3v) is 2.91. The fourth-order valence-corrected chi connectivity index (χ4v) is 1.84. The third-order valence-electron chi connectivity index (χ3n) is 2.91. The van der Waals surface area contributed by atoms with Gasteiger partial charge >= 0.3 is 5.97 Å². The molecule has 1 aromatic heterocycles. The Labute approximate surface area is 126 Å². The van der Waals surface area contributed by atoms with Crippen LogP contribution in [0.1, 0.15) is 21.7 Å². The highest BCUT2D eigenvalue weighted by Crippen LogP contribution is 2.14. The van der Waals surface area contributed by atoms with E-state index in [0.717, 1.165) is 0 Å². The van der Waals surface area contributed by atoms with Crippen molar-refractivity contribution in [1.82, 2.24) is 9.55 Å². The number of nitrogens with zero attached hydrogens (tertiary/aromatic N) is 4. The van der Waals surface area contributed by atoms with E-state index in [1.165, 1.54) is 13.4 Å². The number of esters is 1. The van der Waals surface area contributed by atoms with Crippen molar-refractivity contribution in [2.45, 2.75) is 6.54 Å². The molecule has 2 rings (SSSR count). The summed E-state index contributed by atoms with van der Waals surface area (Å²) >= 11 is 0. The number of hydrogen-bond acceptors (Lipinski definition) is 6. The molecule has 110 valence electrons. The maximum absolute atomic E-state index is 11.4. The van der Waals surface area contributed by atoms with Gasteiger partial charge in [-0.3, -0.25) is 0 Å². The zero-order chi connectivity index (χ0) is 15.9. The number of benzene rings is 1. The van der Waals surface area contributed by atoms with E-state index in [-0.39, 0.29) is 18.0 Å². The molecule has 7 nitrogen and oxygen atoms in total. The molecule has 7 heteroatoms. The summed E-state index contributed by atoms with van der Waals surface area (Å²) < 4.78 is 11.7. The van der Waals surface area contributed by atoms with E-state index in [4.69, 9.17) is 15.3 Å². The number of carbonyl (C=O) groups is 1. The minimum absolute atomic E-state index is 0.0928. The van der Waals surface area contributed by atoms with Crippen LogP contribution in [0.15, 0.2) is 30.6 Å². The Bertz CT molecular complexity index is 768. The molecular formula is C15H12N4O3. The Morgan fingerprint density at radius 2 is 2.18 bits per heavy atom. The highest BCUT2D eigenvalue weighted by molar-refractivity contribution is 5.89. The molecule has 0 saturated heterocycles. The molecule has 0 N–H and O–H groups in total. The molecule has 1 heterocycles. The van der Waals surface area contributed by atoms with E-state index in [2.05, 4.69) is 9.72 Å². The first kappa shape index (κ1) is 15.1. The topological polar surface area (TPSA) is 101 Å². The Morgan fingerprint density at radius 1 is 1.36 bits per heavy atom. The molecule has 0 aliphatic rings. The fourth-order valence-electron chi connectivity index (χ4n) is 1.84. The normalized spacial score (nSPS) is 9.59. The van der Waals surface area contributed by atoms with Gasteiger partial charge in [0.15, 0.2) is 11.4 Å². The van der Waals surface area contributed by atoms with Gasteiger partial charge in [0, 0.05) is 0 Å². The smallest absolute Gasteiger partial charge is 0.337 e. The Hall–Kier alpha value is -3.32. The predicted molar refractivity (Wildman–Crippen MR) is 74.9 cm³/mol. The molecule has 0 bridgehead atoms. The second-order valence-electron chi connectivity index (χ2n) is 4.23. The molecule has 2 aromatic rings. The number of rotatable bonds is 5. The first-order valence-electron chi connectivity index (χ1n) is 6.36. The van der Waals surface area contributed by atoms with Crippen LogP contribution in [0.2, 0.25) is 0 Å². The average molecular weight is 296 g/mol. The van der Waals surface area contributed by atoms with E-state index in [9.17, 15) is 4.79 Å². The lowest BCUT2D eigenvalue weighted by atomic mass is 10.2. The monoisotopic (exact) mass is 296 g/mol. The van der Waals surface area contributed by atoms with Gasteiger partial charge in [0.1, 0.15) is 24.5 Å². The SMILES string of the molecule is COC(=O)c1cccc(OCCn2cnc(C#N)c2C#N)c1. The van der Waals surface area contributed by atoms with Crippen LogP contribution < -0.4 is 4.74 Å². The molecule has 1 aromatic carbocycles. The van der Waals surface area contributed by atoms with Crippen molar-refractivity contribution in [3.05, 3.63) is 47.5 Å². The highest BCUT2D eigenvalue weighted by atomic mass is 16.5.